The largest absolute Gasteiger partial charge is 0.336 e. The van der Waals surface area contributed by atoms with Crippen LogP contribution in [0.3, 0.4) is 0 Å². The van der Waals surface area contributed by atoms with Gasteiger partial charge in [0.15, 0.2) is 0 Å². The number of sulfonamides is 1. The molecule has 134 valence electrons. The van der Waals surface area contributed by atoms with E-state index in [1.807, 2.05) is 13.8 Å². The Morgan fingerprint density at radius 1 is 1.08 bits per heavy atom. The van der Waals surface area contributed by atoms with Gasteiger partial charge < -0.3 is 10.6 Å². The molecule has 0 aliphatic heterocycles. The lowest BCUT2D eigenvalue weighted by atomic mass is 10.2. The van der Waals surface area contributed by atoms with Gasteiger partial charge in [0.25, 0.3) is 0 Å². The minimum absolute atomic E-state index is 0.0403. The summed E-state index contributed by atoms with van der Waals surface area (Å²) >= 11 is 5.93. The van der Waals surface area contributed by atoms with Crippen LogP contribution in [0.15, 0.2) is 53.4 Å². The van der Waals surface area contributed by atoms with E-state index < -0.39 is 10.0 Å². The average Bonchev–Trinajstić information content (AvgIpc) is 2.53. The van der Waals surface area contributed by atoms with Crippen molar-refractivity contribution in [2.24, 2.45) is 0 Å². The Morgan fingerprint density at radius 3 is 2.32 bits per heavy atom. The molecule has 0 saturated heterocycles. The van der Waals surface area contributed by atoms with Crippen molar-refractivity contribution in [3.63, 3.8) is 0 Å². The summed E-state index contributed by atoms with van der Waals surface area (Å²) in [4.78, 5) is 11.7. The van der Waals surface area contributed by atoms with Gasteiger partial charge in [-0.1, -0.05) is 35.9 Å². The zero-order valence-electron chi connectivity index (χ0n) is 13.9. The van der Waals surface area contributed by atoms with E-state index >= 15 is 0 Å². The summed E-state index contributed by atoms with van der Waals surface area (Å²) in [6, 6.07) is 12.9. The molecule has 2 amide bonds. The number of carbonyl (C=O) groups excluding carboxylic acids is 1. The second-order valence-corrected chi connectivity index (χ2v) is 7.85. The lowest BCUT2D eigenvalue weighted by Gasteiger charge is -2.11. The van der Waals surface area contributed by atoms with Gasteiger partial charge in [0.05, 0.1) is 5.02 Å². The highest BCUT2D eigenvalue weighted by atomic mass is 35.5. The highest BCUT2D eigenvalue weighted by Gasteiger charge is 2.16. The van der Waals surface area contributed by atoms with E-state index in [1.165, 1.54) is 12.1 Å². The number of carbonyl (C=O) groups is 1. The van der Waals surface area contributed by atoms with E-state index in [2.05, 4.69) is 15.4 Å². The maximum absolute atomic E-state index is 12.3. The van der Waals surface area contributed by atoms with Crippen LogP contribution in [0.1, 0.15) is 19.4 Å². The van der Waals surface area contributed by atoms with E-state index in [0.717, 1.165) is 5.56 Å². The molecule has 2 aromatic carbocycles. The molecule has 0 unspecified atom stereocenters. The Bertz CT molecular complexity index is 836. The minimum atomic E-state index is -3.69. The predicted molar refractivity (Wildman–Crippen MR) is 99.2 cm³/mol. The van der Waals surface area contributed by atoms with Gasteiger partial charge in [0.2, 0.25) is 10.0 Å². The van der Waals surface area contributed by atoms with E-state index in [-0.39, 0.29) is 28.5 Å². The molecule has 0 aromatic heterocycles. The van der Waals surface area contributed by atoms with Crippen molar-refractivity contribution in [2.45, 2.75) is 31.3 Å². The molecule has 6 nitrogen and oxygen atoms in total. The van der Waals surface area contributed by atoms with Crippen molar-refractivity contribution >= 4 is 33.3 Å². The summed E-state index contributed by atoms with van der Waals surface area (Å²) in [5, 5.41) is 5.59. The number of halogens is 1. The number of amides is 2. The first kappa shape index (κ1) is 19.2. The number of anilines is 1. The van der Waals surface area contributed by atoms with Crippen LogP contribution >= 0.6 is 11.6 Å². The van der Waals surface area contributed by atoms with E-state index in [1.54, 1.807) is 36.4 Å². The normalized spacial score (nSPS) is 11.4. The van der Waals surface area contributed by atoms with Gasteiger partial charge in [0, 0.05) is 18.3 Å². The monoisotopic (exact) mass is 381 g/mol. The van der Waals surface area contributed by atoms with Crippen molar-refractivity contribution < 1.29 is 13.2 Å². The molecule has 0 spiro atoms. The first-order valence-electron chi connectivity index (χ1n) is 7.68. The topological polar surface area (TPSA) is 87.3 Å². The van der Waals surface area contributed by atoms with E-state index in [0.29, 0.717) is 5.69 Å². The standard InChI is InChI=1S/C17H20ClN3O3S/c1-12(2)20-17(22)21-14-9-7-13(8-10-14)11-19-25(23,24)16-6-4-3-5-15(16)18/h3-10,12,19H,11H2,1-2H3,(H2,20,21,22). The summed E-state index contributed by atoms with van der Waals surface area (Å²) in [6.45, 7) is 3.85. The van der Waals surface area contributed by atoms with Gasteiger partial charge in [-0.3, -0.25) is 0 Å². The molecule has 0 aliphatic rings. The highest BCUT2D eigenvalue weighted by molar-refractivity contribution is 7.89. The molecule has 0 heterocycles. The number of hydrogen-bond acceptors (Lipinski definition) is 3. The molecule has 0 aliphatic carbocycles. The van der Waals surface area contributed by atoms with Gasteiger partial charge in [-0.15, -0.1) is 0 Å². The third-order valence-electron chi connectivity index (χ3n) is 3.22. The Hall–Kier alpha value is -2.09. The van der Waals surface area contributed by atoms with Crippen molar-refractivity contribution in [3.05, 3.63) is 59.1 Å². The molecule has 2 aromatic rings. The second kappa shape index (κ2) is 8.33. The smallest absolute Gasteiger partial charge is 0.319 e. The first-order valence-corrected chi connectivity index (χ1v) is 9.55. The summed E-state index contributed by atoms with van der Waals surface area (Å²) in [5.74, 6) is 0. The summed E-state index contributed by atoms with van der Waals surface area (Å²) in [5.41, 5.74) is 1.38. The fraction of sp³-hybridized carbons (Fsp3) is 0.235. The maximum atomic E-state index is 12.3. The van der Waals surface area contributed by atoms with E-state index in [4.69, 9.17) is 11.6 Å². The van der Waals surface area contributed by atoms with Crippen LogP contribution < -0.4 is 15.4 Å². The van der Waals surface area contributed by atoms with Crippen LogP contribution in [0.2, 0.25) is 5.02 Å². The quantitative estimate of drug-likeness (QED) is 0.717. The number of hydrogen-bond donors (Lipinski definition) is 3. The Balaban J connectivity index is 1.98. The van der Waals surface area contributed by atoms with Gasteiger partial charge >= 0.3 is 6.03 Å². The lowest BCUT2D eigenvalue weighted by molar-refractivity contribution is 0.250. The fourth-order valence-corrected chi connectivity index (χ4v) is 3.59. The predicted octanol–water partition coefficient (Wildman–Crippen LogP) is 3.35. The Kier molecular flexibility index (Phi) is 6.41. The van der Waals surface area contributed by atoms with Crippen LogP contribution in [0, 0.1) is 0 Å². The Labute approximate surface area is 152 Å². The van der Waals surface area contributed by atoms with Crippen molar-refractivity contribution in [1.82, 2.24) is 10.0 Å². The zero-order chi connectivity index (χ0) is 18.4. The number of benzene rings is 2. The number of nitrogens with one attached hydrogen (secondary N) is 3. The summed E-state index contributed by atoms with van der Waals surface area (Å²) < 4.78 is 27.1. The molecule has 0 radical (unpaired) electrons. The van der Waals surface area contributed by atoms with Gasteiger partial charge in [-0.2, -0.15) is 0 Å². The average molecular weight is 382 g/mol. The molecular formula is C17H20ClN3O3S. The molecule has 3 N–H and O–H groups in total. The van der Waals surface area contributed by atoms with Crippen LogP contribution in [-0.4, -0.2) is 20.5 Å². The summed E-state index contributed by atoms with van der Waals surface area (Å²) in [6.07, 6.45) is 0. The van der Waals surface area contributed by atoms with Gasteiger partial charge in [-0.05, 0) is 43.7 Å². The Morgan fingerprint density at radius 2 is 1.72 bits per heavy atom. The van der Waals surface area contributed by atoms with Crippen molar-refractivity contribution in [1.29, 1.82) is 0 Å². The number of urea groups is 1. The maximum Gasteiger partial charge on any atom is 0.319 e. The SMILES string of the molecule is CC(C)NC(=O)Nc1ccc(CNS(=O)(=O)c2ccccc2Cl)cc1. The van der Waals surface area contributed by atoms with Crippen molar-refractivity contribution in [2.75, 3.05) is 5.32 Å². The molecule has 0 saturated carbocycles. The highest BCUT2D eigenvalue weighted by Crippen LogP contribution is 2.20. The lowest BCUT2D eigenvalue weighted by Crippen LogP contribution is -2.34. The molecular weight excluding hydrogens is 362 g/mol. The molecule has 0 bridgehead atoms. The number of rotatable bonds is 6. The summed E-state index contributed by atoms with van der Waals surface area (Å²) in [7, 11) is -3.69. The minimum Gasteiger partial charge on any atom is -0.336 e. The van der Waals surface area contributed by atoms with Gasteiger partial charge in [-0.25, -0.2) is 17.9 Å². The first-order chi connectivity index (χ1) is 11.8. The van der Waals surface area contributed by atoms with Crippen LogP contribution in [0.4, 0.5) is 10.5 Å². The van der Waals surface area contributed by atoms with Crippen LogP contribution in [0.25, 0.3) is 0 Å². The molecule has 0 atom stereocenters. The zero-order valence-corrected chi connectivity index (χ0v) is 15.5. The molecule has 2 rings (SSSR count). The molecule has 8 heteroatoms. The molecule has 0 fully saturated rings. The second-order valence-electron chi connectivity index (χ2n) is 5.71. The molecule has 25 heavy (non-hydrogen) atoms. The third-order valence-corrected chi connectivity index (χ3v) is 5.13. The van der Waals surface area contributed by atoms with Gasteiger partial charge in [0.1, 0.15) is 4.90 Å². The van der Waals surface area contributed by atoms with E-state index in [9.17, 15) is 13.2 Å². The van der Waals surface area contributed by atoms with Crippen molar-refractivity contribution in [3.8, 4) is 0 Å². The fourth-order valence-electron chi connectivity index (χ4n) is 2.05. The third kappa shape index (κ3) is 5.74. The van der Waals surface area contributed by atoms with Crippen LogP contribution in [0.5, 0.6) is 0 Å². The van der Waals surface area contributed by atoms with Crippen LogP contribution in [-0.2, 0) is 16.6 Å².